The third kappa shape index (κ3) is 5.17. The molecule has 0 aromatic carbocycles. The summed E-state index contributed by atoms with van der Waals surface area (Å²) in [5.74, 6) is 0. The monoisotopic (exact) mass is 254 g/mol. The first-order chi connectivity index (χ1) is 7.69. The second-order valence-electron chi connectivity index (χ2n) is 3.33. The van der Waals surface area contributed by atoms with Crippen molar-refractivity contribution in [3.05, 3.63) is 10.1 Å². The van der Waals surface area contributed by atoms with Crippen molar-refractivity contribution >= 4 is 6.09 Å². The van der Waals surface area contributed by atoms with Crippen LogP contribution in [0.25, 0.3) is 0 Å². The van der Waals surface area contributed by atoms with Crippen LogP contribution in [-0.4, -0.2) is 54.1 Å². The number of hydrogen-bond acceptors (Lipinski definition) is 6. The summed E-state index contributed by atoms with van der Waals surface area (Å²) in [7, 11) is 0. The van der Waals surface area contributed by atoms with Gasteiger partial charge < -0.3 is 14.8 Å². The quantitative estimate of drug-likeness (QED) is 0.315. The summed E-state index contributed by atoms with van der Waals surface area (Å²) >= 11 is 0. The minimum Gasteiger partial charge on any atom is -0.724 e. The van der Waals surface area contributed by atoms with E-state index in [9.17, 15) is 14.9 Å². The fourth-order valence-electron chi connectivity index (χ4n) is 1.52. The Labute approximate surface area is 122 Å². The topological polar surface area (TPSA) is 88.5 Å². The smallest absolute Gasteiger partial charge is 0.724 e. The summed E-state index contributed by atoms with van der Waals surface area (Å²) in [6, 6.07) is 0. The zero-order valence-corrected chi connectivity index (χ0v) is 12.2. The number of rotatable bonds is 3. The Morgan fingerprint density at radius 2 is 2.12 bits per heavy atom. The fraction of sp³-hybridized carbons (Fsp3) is 0.875. The van der Waals surface area contributed by atoms with Gasteiger partial charge in [-0.2, -0.15) is 0 Å². The van der Waals surface area contributed by atoms with Gasteiger partial charge in [0.1, 0.15) is 0 Å². The molecule has 1 saturated heterocycles. The van der Waals surface area contributed by atoms with Crippen molar-refractivity contribution in [3.63, 3.8) is 0 Å². The molecule has 17 heavy (non-hydrogen) atoms. The van der Waals surface area contributed by atoms with E-state index in [1.807, 2.05) is 0 Å². The molecule has 1 fully saturated rings. The molecule has 8 nitrogen and oxygen atoms in total. The fourth-order valence-corrected chi connectivity index (χ4v) is 1.52. The SMILES string of the molecule is CCOC(=O)N1CCCN(N([O-])N=O)CC1.[Na+]. The molecule has 0 radical (unpaired) electrons. The molecule has 1 aliphatic heterocycles. The molecule has 0 bridgehead atoms. The molecule has 9 heteroatoms. The van der Waals surface area contributed by atoms with E-state index in [4.69, 9.17) is 4.74 Å². The van der Waals surface area contributed by atoms with E-state index in [1.54, 1.807) is 6.92 Å². The van der Waals surface area contributed by atoms with Gasteiger partial charge in [0.25, 0.3) is 0 Å². The van der Waals surface area contributed by atoms with Gasteiger partial charge in [0.2, 0.25) is 0 Å². The van der Waals surface area contributed by atoms with E-state index in [0.717, 1.165) is 0 Å². The first-order valence-electron chi connectivity index (χ1n) is 5.16. The molecule has 0 aromatic heterocycles. The van der Waals surface area contributed by atoms with Gasteiger partial charge >= 0.3 is 35.7 Å². The molecule has 0 N–H and O–H groups in total. The Kier molecular flexibility index (Phi) is 8.44. The maximum absolute atomic E-state index is 11.4. The van der Waals surface area contributed by atoms with Crippen molar-refractivity contribution in [1.82, 2.24) is 15.2 Å². The molecule has 1 rings (SSSR count). The standard InChI is InChI=1S/C8H15N4O4.Na/c1-2-16-8(13)10-4-3-5-11(7-6-10)12(15)9-14;/h2-7H2,1H3;/q-1;+1. The van der Waals surface area contributed by atoms with E-state index in [0.29, 0.717) is 32.7 Å². The zero-order valence-electron chi connectivity index (χ0n) is 10.2. The molecular weight excluding hydrogens is 239 g/mol. The third-order valence-electron chi connectivity index (χ3n) is 2.31. The molecular formula is C8H15N4NaO4. The number of amides is 1. The summed E-state index contributed by atoms with van der Waals surface area (Å²) in [6.45, 7) is 3.62. The summed E-state index contributed by atoms with van der Waals surface area (Å²) < 4.78 is 4.85. The van der Waals surface area contributed by atoms with Crippen LogP contribution < -0.4 is 29.6 Å². The van der Waals surface area contributed by atoms with Crippen LogP contribution in [0.1, 0.15) is 13.3 Å². The molecule has 0 aliphatic carbocycles. The van der Waals surface area contributed by atoms with Crippen LogP contribution in [0.2, 0.25) is 0 Å². The van der Waals surface area contributed by atoms with Crippen LogP contribution in [0.4, 0.5) is 4.79 Å². The third-order valence-corrected chi connectivity index (χ3v) is 2.31. The van der Waals surface area contributed by atoms with E-state index in [2.05, 4.69) is 5.29 Å². The van der Waals surface area contributed by atoms with Gasteiger partial charge in [0.05, 0.1) is 11.9 Å². The Morgan fingerprint density at radius 1 is 1.41 bits per heavy atom. The van der Waals surface area contributed by atoms with Gasteiger partial charge in [0.15, 0.2) is 0 Å². The van der Waals surface area contributed by atoms with Crippen molar-refractivity contribution < 1.29 is 39.1 Å². The number of nitroso groups, excluding NO2 is 1. The van der Waals surface area contributed by atoms with Gasteiger partial charge in [-0.1, -0.05) is 0 Å². The molecule has 92 valence electrons. The van der Waals surface area contributed by atoms with Crippen molar-refractivity contribution in [2.75, 3.05) is 32.8 Å². The summed E-state index contributed by atoms with van der Waals surface area (Å²) in [4.78, 5) is 23.0. The number of hydrazine groups is 1. The van der Waals surface area contributed by atoms with Crippen molar-refractivity contribution in [1.29, 1.82) is 0 Å². The van der Waals surface area contributed by atoms with Crippen LogP contribution in [-0.2, 0) is 4.74 Å². The van der Waals surface area contributed by atoms with Crippen LogP contribution >= 0.6 is 0 Å². The predicted molar refractivity (Wildman–Crippen MR) is 55.8 cm³/mol. The molecule has 1 aliphatic rings. The number of carbonyl (C=O) groups is 1. The number of hydrogen-bond donors (Lipinski definition) is 0. The maximum atomic E-state index is 11.4. The predicted octanol–water partition coefficient (Wildman–Crippen LogP) is -2.45. The average Bonchev–Trinajstić information content (AvgIpc) is 2.53. The van der Waals surface area contributed by atoms with E-state index < -0.39 is 0 Å². The van der Waals surface area contributed by atoms with E-state index >= 15 is 0 Å². The van der Waals surface area contributed by atoms with E-state index in [1.165, 1.54) is 9.91 Å². The number of nitrogens with zero attached hydrogens (tertiary/aromatic N) is 4. The van der Waals surface area contributed by atoms with E-state index in [-0.39, 0.29) is 47.5 Å². The average molecular weight is 254 g/mol. The molecule has 0 saturated carbocycles. The maximum Gasteiger partial charge on any atom is 1.00 e. The van der Waals surface area contributed by atoms with Crippen LogP contribution in [0, 0.1) is 10.1 Å². The first kappa shape index (κ1) is 16.6. The zero-order chi connectivity index (χ0) is 12.0. The molecule has 0 spiro atoms. The largest absolute Gasteiger partial charge is 1.00 e. The van der Waals surface area contributed by atoms with Gasteiger partial charge in [-0.25, -0.2) is 9.80 Å². The Hall–Kier alpha value is -0.410. The second kappa shape index (κ2) is 8.65. The number of carbonyl (C=O) groups excluding carboxylic acids is 1. The van der Waals surface area contributed by atoms with Crippen molar-refractivity contribution in [2.24, 2.45) is 5.29 Å². The summed E-state index contributed by atoms with van der Waals surface area (Å²) in [6.07, 6.45) is 0.216. The molecule has 1 heterocycles. The molecule has 0 aromatic rings. The minimum absolute atomic E-state index is 0. The van der Waals surface area contributed by atoms with Crippen LogP contribution in [0.5, 0.6) is 0 Å². The van der Waals surface area contributed by atoms with Crippen molar-refractivity contribution in [3.8, 4) is 0 Å². The Balaban J connectivity index is 0.00000256. The second-order valence-corrected chi connectivity index (χ2v) is 3.33. The molecule has 0 unspecified atom stereocenters. The van der Waals surface area contributed by atoms with Crippen LogP contribution in [0.15, 0.2) is 5.29 Å². The Morgan fingerprint density at radius 3 is 2.71 bits per heavy atom. The minimum atomic E-state index is -0.388. The van der Waals surface area contributed by atoms with Gasteiger partial charge in [-0.15, -0.1) is 4.91 Å². The van der Waals surface area contributed by atoms with Gasteiger partial charge in [0, 0.05) is 26.2 Å². The number of ether oxygens (including phenoxy) is 1. The normalized spacial score (nSPS) is 16.7. The Bertz CT molecular complexity index is 256. The molecule has 0 atom stereocenters. The van der Waals surface area contributed by atoms with Crippen molar-refractivity contribution in [2.45, 2.75) is 13.3 Å². The summed E-state index contributed by atoms with van der Waals surface area (Å²) in [5, 5.41) is 14.5. The van der Waals surface area contributed by atoms with Gasteiger partial charge in [-0.3, -0.25) is 5.28 Å². The first-order valence-corrected chi connectivity index (χ1v) is 5.16. The summed E-state index contributed by atoms with van der Waals surface area (Å²) in [5.41, 5.74) is 0. The molecule has 1 amide bonds. The van der Waals surface area contributed by atoms with Crippen LogP contribution in [0.3, 0.4) is 0 Å². The van der Waals surface area contributed by atoms with Gasteiger partial charge in [-0.05, 0) is 13.3 Å².